The van der Waals surface area contributed by atoms with Crippen LogP contribution in [0.4, 0.5) is 5.82 Å². The quantitative estimate of drug-likeness (QED) is 0.671. The summed E-state index contributed by atoms with van der Waals surface area (Å²) in [6.07, 6.45) is 3.19. The second kappa shape index (κ2) is 4.96. The number of thioether (sulfide) groups is 1. The molecule has 0 saturated carbocycles. The summed E-state index contributed by atoms with van der Waals surface area (Å²) in [5, 5.41) is 10.8. The lowest BCUT2D eigenvalue weighted by Crippen LogP contribution is -2.38. The second-order valence-corrected chi connectivity index (χ2v) is 5.41. The fourth-order valence-corrected chi connectivity index (χ4v) is 2.70. The van der Waals surface area contributed by atoms with Crippen molar-refractivity contribution in [3.05, 3.63) is 15.7 Å². The molecule has 4 nitrogen and oxygen atoms in total. The van der Waals surface area contributed by atoms with Gasteiger partial charge in [-0.3, -0.25) is 0 Å². The molecule has 92 valence electrons. The van der Waals surface area contributed by atoms with E-state index in [9.17, 15) is 5.11 Å². The number of fused-ring (bicyclic) bond motifs is 1. The number of likely N-dealkylation sites (N-methyl/N-ethyl adjacent to an activating group) is 1. The number of aryl methyl sites for hydroxylation is 1. The van der Waals surface area contributed by atoms with Crippen LogP contribution in [0.5, 0.6) is 0 Å². The largest absolute Gasteiger partial charge is 0.369 e. The van der Waals surface area contributed by atoms with E-state index in [0.29, 0.717) is 6.54 Å². The molecule has 2 rings (SSSR count). The fraction of sp³-hybridized carbons (Fsp3) is 0.455. The van der Waals surface area contributed by atoms with Crippen molar-refractivity contribution < 1.29 is 5.11 Å². The highest BCUT2D eigenvalue weighted by Crippen LogP contribution is 2.34. The van der Waals surface area contributed by atoms with Gasteiger partial charge in [0.1, 0.15) is 5.82 Å². The van der Waals surface area contributed by atoms with E-state index in [1.54, 1.807) is 0 Å². The molecule has 0 radical (unpaired) electrons. The highest BCUT2D eigenvalue weighted by Gasteiger charge is 2.27. The molecule has 1 aromatic heterocycles. The van der Waals surface area contributed by atoms with Crippen molar-refractivity contribution in [1.29, 1.82) is 0 Å². The summed E-state index contributed by atoms with van der Waals surface area (Å²) in [6, 6.07) is 0. The third kappa shape index (κ3) is 2.21. The summed E-state index contributed by atoms with van der Waals surface area (Å²) in [7, 11) is 0. The van der Waals surface area contributed by atoms with Crippen LogP contribution in [0.2, 0.25) is 0 Å². The number of aromatic nitrogens is 2. The van der Waals surface area contributed by atoms with Gasteiger partial charge in [0.05, 0.1) is 5.69 Å². The Morgan fingerprint density at radius 2 is 2.24 bits per heavy atom. The van der Waals surface area contributed by atoms with Gasteiger partial charge in [0.2, 0.25) is 0 Å². The minimum atomic E-state index is -0.656. The predicted molar refractivity (Wildman–Crippen MR) is 74.5 cm³/mol. The van der Waals surface area contributed by atoms with E-state index >= 15 is 0 Å². The van der Waals surface area contributed by atoms with E-state index in [1.165, 1.54) is 11.8 Å². The SMILES string of the molecule is CCN1c2nc(SC)nc(C)c2C=C(Br)C1O. The van der Waals surface area contributed by atoms with E-state index in [1.807, 2.05) is 31.1 Å². The first-order valence-corrected chi connectivity index (χ1v) is 7.34. The van der Waals surface area contributed by atoms with Gasteiger partial charge in [-0.1, -0.05) is 27.7 Å². The number of nitrogens with zero attached hydrogens (tertiary/aromatic N) is 3. The molecule has 1 aliphatic rings. The molecule has 0 aromatic carbocycles. The zero-order valence-electron chi connectivity index (χ0n) is 9.94. The van der Waals surface area contributed by atoms with Crippen molar-refractivity contribution in [3.8, 4) is 0 Å². The first-order valence-electron chi connectivity index (χ1n) is 5.33. The van der Waals surface area contributed by atoms with Gasteiger partial charge >= 0.3 is 0 Å². The zero-order valence-corrected chi connectivity index (χ0v) is 12.3. The number of aliphatic hydroxyl groups excluding tert-OH is 1. The van der Waals surface area contributed by atoms with Gasteiger partial charge < -0.3 is 10.0 Å². The molecule has 0 saturated heterocycles. The summed E-state index contributed by atoms with van der Waals surface area (Å²) in [5.41, 5.74) is 1.91. The highest BCUT2D eigenvalue weighted by atomic mass is 79.9. The lowest BCUT2D eigenvalue weighted by atomic mass is 10.1. The molecular weight excluding hydrogens is 302 g/mol. The fourth-order valence-electron chi connectivity index (χ4n) is 1.82. The Labute approximate surface area is 113 Å². The average molecular weight is 316 g/mol. The predicted octanol–water partition coefficient (Wildman–Crippen LogP) is 2.40. The Morgan fingerprint density at radius 1 is 1.53 bits per heavy atom. The van der Waals surface area contributed by atoms with Gasteiger partial charge in [0.15, 0.2) is 11.4 Å². The molecule has 6 heteroatoms. The van der Waals surface area contributed by atoms with Crippen molar-refractivity contribution >= 4 is 39.6 Å². The van der Waals surface area contributed by atoms with Crippen molar-refractivity contribution in [1.82, 2.24) is 9.97 Å². The Bertz CT molecular complexity index is 478. The lowest BCUT2D eigenvalue weighted by molar-refractivity contribution is 0.213. The van der Waals surface area contributed by atoms with Crippen LogP contribution >= 0.6 is 27.7 Å². The van der Waals surface area contributed by atoms with Crippen LogP contribution in [-0.2, 0) is 0 Å². The van der Waals surface area contributed by atoms with Crippen molar-refractivity contribution in [2.75, 3.05) is 17.7 Å². The number of hydrogen-bond donors (Lipinski definition) is 1. The molecular formula is C11H14BrN3OS. The maximum atomic E-state index is 10.1. The number of halogens is 1. The van der Waals surface area contributed by atoms with Crippen LogP contribution in [0.15, 0.2) is 9.64 Å². The van der Waals surface area contributed by atoms with Gasteiger partial charge in [-0.25, -0.2) is 9.97 Å². The van der Waals surface area contributed by atoms with E-state index < -0.39 is 6.23 Å². The minimum absolute atomic E-state index is 0.656. The van der Waals surface area contributed by atoms with Crippen molar-refractivity contribution in [2.45, 2.75) is 25.2 Å². The molecule has 0 spiro atoms. The molecule has 1 unspecified atom stereocenters. The summed E-state index contributed by atoms with van der Waals surface area (Å²) < 4.78 is 0.746. The van der Waals surface area contributed by atoms with E-state index in [4.69, 9.17) is 0 Å². The standard InChI is InChI=1S/C11H14BrN3OS/c1-4-15-9-7(5-8(12)10(15)16)6(2)13-11(14-9)17-3/h5,10,16H,4H2,1-3H3. The monoisotopic (exact) mass is 315 g/mol. The van der Waals surface area contributed by atoms with Crippen LogP contribution in [-0.4, -0.2) is 34.1 Å². The Hall–Kier alpha value is -0.590. The number of aliphatic hydroxyl groups is 1. The molecule has 1 atom stereocenters. The number of hydrogen-bond acceptors (Lipinski definition) is 5. The molecule has 1 aliphatic heterocycles. The normalized spacial score (nSPS) is 19.0. The van der Waals surface area contributed by atoms with Crippen LogP contribution < -0.4 is 4.90 Å². The van der Waals surface area contributed by atoms with Gasteiger partial charge in [0.25, 0.3) is 0 Å². The van der Waals surface area contributed by atoms with Crippen LogP contribution in [0, 0.1) is 6.92 Å². The van der Waals surface area contributed by atoms with Crippen LogP contribution in [0.1, 0.15) is 18.2 Å². The molecule has 0 amide bonds. The molecule has 1 aromatic rings. The topological polar surface area (TPSA) is 49.2 Å². The number of anilines is 1. The molecule has 0 aliphatic carbocycles. The summed E-state index contributed by atoms with van der Waals surface area (Å²) in [5.74, 6) is 0.806. The molecule has 2 heterocycles. The molecule has 0 fully saturated rings. The van der Waals surface area contributed by atoms with Crippen LogP contribution in [0.25, 0.3) is 6.08 Å². The molecule has 1 N–H and O–H groups in total. The summed E-state index contributed by atoms with van der Waals surface area (Å²) in [4.78, 5) is 10.7. The van der Waals surface area contributed by atoms with Gasteiger partial charge in [-0.2, -0.15) is 0 Å². The summed E-state index contributed by atoms with van der Waals surface area (Å²) >= 11 is 4.89. The Kier molecular flexibility index (Phi) is 3.75. The van der Waals surface area contributed by atoms with E-state index in [2.05, 4.69) is 25.9 Å². The minimum Gasteiger partial charge on any atom is -0.369 e. The third-order valence-corrected chi connectivity index (χ3v) is 3.90. The maximum absolute atomic E-state index is 10.1. The maximum Gasteiger partial charge on any atom is 0.189 e. The third-order valence-electron chi connectivity index (χ3n) is 2.72. The zero-order chi connectivity index (χ0) is 12.6. The smallest absolute Gasteiger partial charge is 0.189 e. The van der Waals surface area contributed by atoms with Gasteiger partial charge in [0, 0.05) is 16.6 Å². The second-order valence-electron chi connectivity index (χ2n) is 3.72. The first-order chi connectivity index (χ1) is 8.08. The molecule has 17 heavy (non-hydrogen) atoms. The Morgan fingerprint density at radius 3 is 2.82 bits per heavy atom. The van der Waals surface area contributed by atoms with Gasteiger partial charge in [-0.15, -0.1) is 0 Å². The summed E-state index contributed by atoms with van der Waals surface area (Å²) in [6.45, 7) is 4.65. The highest BCUT2D eigenvalue weighted by molar-refractivity contribution is 9.11. The van der Waals surface area contributed by atoms with Crippen molar-refractivity contribution in [2.24, 2.45) is 0 Å². The lowest BCUT2D eigenvalue weighted by Gasteiger charge is -2.32. The van der Waals surface area contributed by atoms with Gasteiger partial charge in [-0.05, 0) is 26.2 Å². The first kappa shape index (κ1) is 12.9. The Balaban J connectivity index is 2.62. The average Bonchev–Trinajstić information content (AvgIpc) is 2.32. The van der Waals surface area contributed by atoms with E-state index in [-0.39, 0.29) is 0 Å². The molecule has 0 bridgehead atoms. The van der Waals surface area contributed by atoms with Crippen LogP contribution in [0.3, 0.4) is 0 Å². The van der Waals surface area contributed by atoms with Crippen molar-refractivity contribution in [3.63, 3.8) is 0 Å². The number of rotatable bonds is 2. The van der Waals surface area contributed by atoms with E-state index in [0.717, 1.165) is 26.7 Å².